The van der Waals surface area contributed by atoms with Crippen LogP contribution in [0.3, 0.4) is 0 Å². The van der Waals surface area contributed by atoms with Gasteiger partial charge in [-0.1, -0.05) is 0 Å². The summed E-state index contributed by atoms with van der Waals surface area (Å²) in [5.74, 6) is -0.189. The van der Waals surface area contributed by atoms with Gasteiger partial charge in [0.25, 0.3) is 0 Å². The molecular weight excluding hydrogens is 184 g/mol. The second-order valence-electron chi connectivity index (χ2n) is 2.84. The number of aromatic hydroxyl groups is 2. The second kappa shape index (κ2) is 2.16. The van der Waals surface area contributed by atoms with E-state index >= 15 is 0 Å². The molecule has 68 valence electrons. The molecule has 0 amide bonds. The van der Waals surface area contributed by atoms with Crippen molar-refractivity contribution in [1.29, 1.82) is 0 Å². The molecule has 6 nitrogen and oxygen atoms in total. The molecule has 2 N–H and O–H groups in total. The SMILES string of the molecule is Oc1c2c(c(O)c3c1=NC=N3)=NC=N2. The van der Waals surface area contributed by atoms with Gasteiger partial charge in [0.2, 0.25) is 0 Å². The zero-order valence-corrected chi connectivity index (χ0v) is 6.84. The van der Waals surface area contributed by atoms with Gasteiger partial charge in [-0.15, -0.1) is 0 Å². The number of rotatable bonds is 0. The van der Waals surface area contributed by atoms with E-state index in [1.807, 2.05) is 0 Å². The molecule has 0 saturated heterocycles. The van der Waals surface area contributed by atoms with Crippen molar-refractivity contribution in [3.8, 4) is 11.5 Å². The minimum atomic E-state index is -0.0946. The van der Waals surface area contributed by atoms with Crippen molar-refractivity contribution in [2.24, 2.45) is 20.0 Å². The van der Waals surface area contributed by atoms with Gasteiger partial charge in [-0.25, -0.2) is 20.0 Å². The van der Waals surface area contributed by atoms with Crippen LogP contribution in [0.1, 0.15) is 0 Å². The number of aliphatic imine (C=N–C) groups is 2. The number of benzene rings is 1. The normalized spacial score (nSPS) is 14.9. The molecule has 2 aliphatic rings. The highest BCUT2D eigenvalue weighted by Gasteiger charge is 2.20. The molecule has 1 aromatic carbocycles. The number of fused-ring (bicyclic) bond motifs is 2. The molecule has 2 heterocycles. The molecule has 1 aromatic rings. The molecule has 0 unspecified atom stereocenters. The lowest BCUT2D eigenvalue weighted by Gasteiger charge is -2.00. The van der Waals surface area contributed by atoms with E-state index in [0.29, 0.717) is 0 Å². The smallest absolute Gasteiger partial charge is 0.172 e. The van der Waals surface area contributed by atoms with Crippen molar-refractivity contribution in [3.05, 3.63) is 10.7 Å². The molecule has 0 radical (unpaired) electrons. The van der Waals surface area contributed by atoms with Gasteiger partial charge in [0, 0.05) is 0 Å². The fraction of sp³-hybridized carbons (Fsp3) is 0. The largest absolute Gasteiger partial charge is 0.504 e. The monoisotopic (exact) mass is 188 g/mol. The minimum Gasteiger partial charge on any atom is -0.504 e. The lowest BCUT2D eigenvalue weighted by Crippen LogP contribution is -2.09. The van der Waals surface area contributed by atoms with Crippen LogP contribution in [-0.4, -0.2) is 22.9 Å². The first-order valence-electron chi connectivity index (χ1n) is 3.87. The van der Waals surface area contributed by atoms with Crippen molar-refractivity contribution >= 4 is 24.1 Å². The summed E-state index contributed by atoms with van der Waals surface area (Å²) >= 11 is 0. The van der Waals surface area contributed by atoms with Gasteiger partial charge in [-0.2, -0.15) is 0 Å². The van der Waals surface area contributed by atoms with E-state index in [4.69, 9.17) is 0 Å². The molecule has 0 bridgehead atoms. The predicted octanol–water partition coefficient (Wildman–Crippen LogP) is -0.316. The molecule has 6 heteroatoms. The van der Waals surface area contributed by atoms with Crippen LogP contribution in [0.2, 0.25) is 0 Å². The van der Waals surface area contributed by atoms with Gasteiger partial charge >= 0.3 is 0 Å². The maximum absolute atomic E-state index is 9.70. The van der Waals surface area contributed by atoms with E-state index in [1.165, 1.54) is 12.7 Å². The molecule has 0 atom stereocenters. The number of hydrogen-bond donors (Lipinski definition) is 2. The Morgan fingerprint density at radius 1 is 0.786 bits per heavy atom. The van der Waals surface area contributed by atoms with E-state index in [9.17, 15) is 10.2 Å². The average molecular weight is 188 g/mol. The van der Waals surface area contributed by atoms with E-state index < -0.39 is 0 Å². The Bertz CT molecular complexity index is 560. The highest BCUT2D eigenvalue weighted by atomic mass is 16.3. The van der Waals surface area contributed by atoms with Crippen LogP contribution in [0.25, 0.3) is 0 Å². The summed E-state index contributed by atoms with van der Waals surface area (Å²) < 4.78 is 0. The first kappa shape index (κ1) is 7.19. The molecule has 14 heavy (non-hydrogen) atoms. The van der Waals surface area contributed by atoms with Gasteiger partial charge in [-0.05, 0) is 0 Å². The van der Waals surface area contributed by atoms with E-state index in [2.05, 4.69) is 20.0 Å². The summed E-state index contributed by atoms with van der Waals surface area (Å²) in [6.07, 6.45) is 2.53. The van der Waals surface area contributed by atoms with Crippen LogP contribution in [0.15, 0.2) is 20.0 Å². The van der Waals surface area contributed by atoms with E-state index in [-0.39, 0.29) is 33.6 Å². The zero-order chi connectivity index (χ0) is 9.71. The van der Waals surface area contributed by atoms with Crippen molar-refractivity contribution in [2.75, 3.05) is 0 Å². The van der Waals surface area contributed by atoms with E-state index in [0.717, 1.165) is 0 Å². The summed E-state index contributed by atoms with van der Waals surface area (Å²) in [6.45, 7) is 0. The number of nitrogens with zero attached hydrogens (tertiary/aromatic N) is 4. The third-order valence-corrected chi connectivity index (χ3v) is 2.09. The van der Waals surface area contributed by atoms with Gasteiger partial charge in [0.1, 0.15) is 34.8 Å². The third-order valence-electron chi connectivity index (χ3n) is 2.09. The van der Waals surface area contributed by atoms with Gasteiger partial charge in [0.15, 0.2) is 11.5 Å². The maximum Gasteiger partial charge on any atom is 0.172 e. The summed E-state index contributed by atoms with van der Waals surface area (Å²) in [7, 11) is 0. The minimum absolute atomic E-state index is 0.0946. The fourth-order valence-corrected chi connectivity index (χ4v) is 1.45. The third kappa shape index (κ3) is 0.657. The first-order chi connectivity index (χ1) is 6.79. The van der Waals surface area contributed by atoms with Crippen molar-refractivity contribution in [2.45, 2.75) is 0 Å². The molecule has 0 aromatic heterocycles. The van der Waals surface area contributed by atoms with Gasteiger partial charge < -0.3 is 10.2 Å². The molecule has 3 rings (SSSR count). The van der Waals surface area contributed by atoms with Crippen LogP contribution in [0, 0.1) is 0 Å². The van der Waals surface area contributed by atoms with Gasteiger partial charge in [-0.3, -0.25) is 0 Å². The predicted molar refractivity (Wildman–Crippen MR) is 48.4 cm³/mol. The van der Waals surface area contributed by atoms with Crippen molar-refractivity contribution < 1.29 is 10.2 Å². The maximum atomic E-state index is 9.70. The first-order valence-corrected chi connectivity index (χ1v) is 3.87. The zero-order valence-electron chi connectivity index (χ0n) is 6.84. The molecule has 0 spiro atoms. The Labute approximate surface area is 77.3 Å². The van der Waals surface area contributed by atoms with Crippen molar-refractivity contribution in [3.63, 3.8) is 0 Å². The lowest BCUT2D eigenvalue weighted by atomic mass is 10.2. The summed E-state index contributed by atoms with van der Waals surface area (Å²) in [5, 5.41) is 19.9. The number of hydrogen-bond acceptors (Lipinski definition) is 6. The van der Waals surface area contributed by atoms with Crippen molar-refractivity contribution in [1.82, 2.24) is 0 Å². The van der Waals surface area contributed by atoms with Crippen LogP contribution in [0.5, 0.6) is 11.5 Å². The summed E-state index contributed by atoms with van der Waals surface area (Å²) in [6, 6.07) is 0. The van der Waals surface area contributed by atoms with Crippen LogP contribution in [-0.2, 0) is 0 Å². The molecule has 0 fully saturated rings. The van der Waals surface area contributed by atoms with Crippen LogP contribution in [0.4, 0.5) is 11.4 Å². The lowest BCUT2D eigenvalue weighted by molar-refractivity contribution is 0.454. The number of phenolic OH excluding ortho intramolecular Hbond substituents is 2. The van der Waals surface area contributed by atoms with Gasteiger partial charge in [0.05, 0.1) is 0 Å². The summed E-state index contributed by atoms with van der Waals surface area (Å²) in [5.41, 5.74) is 0.492. The summed E-state index contributed by atoms with van der Waals surface area (Å²) in [4.78, 5) is 15.3. The molecule has 0 aliphatic carbocycles. The molecule has 0 saturated carbocycles. The van der Waals surface area contributed by atoms with Crippen LogP contribution < -0.4 is 10.7 Å². The molecular formula is C8H4N4O2. The van der Waals surface area contributed by atoms with E-state index in [1.54, 1.807) is 0 Å². The Morgan fingerprint density at radius 3 is 1.64 bits per heavy atom. The van der Waals surface area contributed by atoms with Crippen LogP contribution >= 0.6 is 0 Å². The topological polar surface area (TPSA) is 89.9 Å². The average Bonchev–Trinajstić information content (AvgIpc) is 2.82. The standard InChI is InChI=1S/C8H4N4O2/c13-7-3-4(10-1-9-3)8(14)6-5(7)11-2-12-6/h1-2,13-14H. The quantitative estimate of drug-likeness (QED) is 0.546. The Morgan fingerprint density at radius 2 is 1.21 bits per heavy atom. The Hall–Kier alpha value is -2.24. The fourth-order valence-electron chi connectivity index (χ4n) is 1.45. The highest BCUT2D eigenvalue weighted by molar-refractivity contribution is 5.79. The Balaban J connectivity index is 2.61. The Kier molecular flexibility index (Phi) is 1.11. The highest BCUT2D eigenvalue weighted by Crippen LogP contribution is 2.30. The number of phenols is 2. The second-order valence-corrected chi connectivity index (χ2v) is 2.84. The molecule has 2 aliphatic heterocycles.